The molecule has 0 amide bonds. The minimum atomic E-state index is 0.839. The normalized spacial score (nSPS) is 18.4. The van der Waals surface area contributed by atoms with Crippen molar-refractivity contribution in [2.45, 2.75) is 39.7 Å². The van der Waals surface area contributed by atoms with Crippen molar-refractivity contribution in [3.05, 3.63) is 17.0 Å². The van der Waals surface area contributed by atoms with Crippen LogP contribution in [0.5, 0.6) is 0 Å². The maximum Gasteiger partial charge on any atom is 0.0641 e. The molecule has 1 aromatic heterocycles. The molecule has 18 heavy (non-hydrogen) atoms. The van der Waals surface area contributed by atoms with E-state index in [2.05, 4.69) is 23.8 Å². The third-order valence-corrected chi connectivity index (χ3v) is 4.32. The molecule has 1 saturated heterocycles. The van der Waals surface area contributed by atoms with E-state index in [0.717, 1.165) is 19.0 Å². The quantitative estimate of drug-likeness (QED) is 0.883. The highest BCUT2D eigenvalue weighted by atomic mass is 15.3. The molecule has 102 valence electrons. The Kier molecular flexibility index (Phi) is 4.40. The number of nitrogens with two attached hydrogens (primary N) is 1. The molecule has 0 atom stereocenters. The van der Waals surface area contributed by atoms with Gasteiger partial charge in [0.2, 0.25) is 0 Å². The van der Waals surface area contributed by atoms with Crippen molar-refractivity contribution in [2.75, 3.05) is 19.6 Å². The molecule has 0 spiro atoms. The Morgan fingerprint density at radius 2 is 1.94 bits per heavy atom. The largest absolute Gasteiger partial charge is 0.330 e. The van der Waals surface area contributed by atoms with E-state index >= 15 is 0 Å². The van der Waals surface area contributed by atoms with Gasteiger partial charge in [-0.3, -0.25) is 9.58 Å². The van der Waals surface area contributed by atoms with E-state index in [0.29, 0.717) is 0 Å². The Hall–Kier alpha value is -0.870. The molecule has 1 fully saturated rings. The molecule has 4 nitrogen and oxygen atoms in total. The fourth-order valence-electron chi connectivity index (χ4n) is 2.94. The van der Waals surface area contributed by atoms with Gasteiger partial charge in [-0.25, -0.2) is 0 Å². The highest BCUT2D eigenvalue weighted by molar-refractivity contribution is 5.24. The summed E-state index contributed by atoms with van der Waals surface area (Å²) >= 11 is 0. The van der Waals surface area contributed by atoms with Gasteiger partial charge in [0.25, 0.3) is 0 Å². The SMILES string of the molecule is Cc1nn(C)c(C)c1CN1CCC(CCN)CC1. The number of hydrogen-bond acceptors (Lipinski definition) is 3. The molecule has 4 heteroatoms. The lowest BCUT2D eigenvalue weighted by Gasteiger charge is -2.31. The Balaban J connectivity index is 1.91. The van der Waals surface area contributed by atoms with Gasteiger partial charge in [-0.15, -0.1) is 0 Å². The van der Waals surface area contributed by atoms with Gasteiger partial charge >= 0.3 is 0 Å². The van der Waals surface area contributed by atoms with Gasteiger partial charge in [0.15, 0.2) is 0 Å². The van der Waals surface area contributed by atoms with Crippen molar-refractivity contribution in [3.63, 3.8) is 0 Å². The van der Waals surface area contributed by atoms with E-state index < -0.39 is 0 Å². The topological polar surface area (TPSA) is 47.1 Å². The van der Waals surface area contributed by atoms with Crippen molar-refractivity contribution in [1.82, 2.24) is 14.7 Å². The van der Waals surface area contributed by atoms with E-state index in [1.165, 1.54) is 49.3 Å². The van der Waals surface area contributed by atoms with Crippen LogP contribution < -0.4 is 5.73 Å². The maximum absolute atomic E-state index is 5.64. The molecule has 0 saturated carbocycles. The van der Waals surface area contributed by atoms with E-state index in [-0.39, 0.29) is 0 Å². The lowest BCUT2D eigenvalue weighted by Crippen LogP contribution is -2.34. The number of nitrogens with zero attached hydrogens (tertiary/aromatic N) is 3. The summed E-state index contributed by atoms with van der Waals surface area (Å²) in [6, 6.07) is 0. The second-order valence-corrected chi connectivity index (χ2v) is 5.57. The predicted molar refractivity (Wildman–Crippen MR) is 74.4 cm³/mol. The summed E-state index contributed by atoms with van der Waals surface area (Å²) in [5.74, 6) is 0.849. The molecule has 1 aromatic rings. The summed E-state index contributed by atoms with van der Waals surface area (Å²) in [6.07, 6.45) is 3.80. The van der Waals surface area contributed by atoms with Crippen molar-refractivity contribution in [2.24, 2.45) is 18.7 Å². The van der Waals surface area contributed by atoms with Crippen LogP contribution in [0.1, 0.15) is 36.2 Å². The molecule has 0 bridgehead atoms. The minimum Gasteiger partial charge on any atom is -0.330 e. The van der Waals surface area contributed by atoms with Crippen molar-refractivity contribution in [1.29, 1.82) is 0 Å². The summed E-state index contributed by atoms with van der Waals surface area (Å²) in [5.41, 5.74) is 9.53. The zero-order chi connectivity index (χ0) is 13.1. The minimum absolute atomic E-state index is 0.839. The Morgan fingerprint density at radius 1 is 1.28 bits per heavy atom. The van der Waals surface area contributed by atoms with Crippen molar-refractivity contribution >= 4 is 0 Å². The van der Waals surface area contributed by atoms with E-state index in [1.807, 2.05) is 11.7 Å². The first-order chi connectivity index (χ1) is 8.61. The van der Waals surface area contributed by atoms with Crippen LogP contribution in [0, 0.1) is 19.8 Å². The number of piperidine rings is 1. The zero-order valence-electron chi connectivity index (χ0n) is 11.9. The van der Waals surface area contributed by atoms with Crippen molar-refractivity contribution < 1.29 is 0 Å². The first-order valence-corrected chi connectivity index (χ1v) is 7.03. The summed E-state index contributed by atoms with van der Waals surface area (Å²) in [4.78, 5) is 2.56. The van der Waals surface area contributed by atoms with Crippen LogP contribution in [-0.2, 0) is 13.6 Å². The maximum atomic E-state index is 5.64. The van der Waals surface area contributed by atoms with E-state index in [4.69, 9.17) is 5.73 Å². The van der Waals surface area contributed by atoms with Gasteiger partial charge in [0, 0.05) is 24.8 Å². The van der Waals surface area contributed by atoms with Crippen LogP contribution in [0.15, 0.2) is 0 Å². The standard InChI is InChI=1S/C14H26N4/c1-11-14(12(2)17(3)16-11)10-18-8-5-13(4-7-15)6-9-18/h13H,4-10,15H2,1-3H3. The molecular weight excluding hydrogens is 224 g/mol. The Morgan fingerprint density at radius 3 is 2.44 bits per heavy atom. The van der Waals surface area contributed by atoms with Gasteiger partial charge in [-0.2, -0.15) is 5.10 Å². The molecular formula is C14H26N4. The molecule has 2 N–H and O–H groups in total. The third-order valence-electron chi connectivity index (χ3n) is 4.32. The van der Waals surface area contributed by atoms with Gasteiger partial charge in [-0.1, -0.05) is 0 Å². The number of hydrogen-bond donors (Lipinski definition) is 1. The van der Waals surface area contributed by atoms with Gasteiger partial charge in [0.1, 0.15) is 0 Å². The van der Waals surface area contributed by atoms with Crippen LogP contribution in [-0.4, -0.2) is 34.3 Å². The van der Waals surface area contributed by atoms with Gasteiger partial charge in [0.05, 0.1) is 5.69 Å². The lowest BCUT2D eigenvalue weighted by atomic mass is 9.93. The first kappa shape index (κ1) is 13.6. The van der Waals surface area contributed by atoms with E-state index in [9.17, 15) is 0 Å². The smallest absolute Gasteiger partial charge is 0.0641 e. The summed E-state index contributed by atoms with van der Waals surface area (Å²) in [6.45, 7) is 8.59. The molecule has 2 rings (SSSR count). The summed E-state index contributed by atoms with van der Waals surface area (Å²) < 4.78 is 1.99. The number of rotatable bonds is 4. The average molecular weight is 250 g/mol. The second kappa shape index (κ2) is 5.85. The fraction of sp³-hybridized carbons (Fsp3) is 0.786. The summed E-state index contributed by atoms with van der Waals surface area (Å²) in [5, 5.41) is 4.49. The first-order valence-electron chi connectivity index (χ1n) is 7.03. The zero-order valence-corrected chi connectivity index (χ0v) is 11.9. The molecule has 0 aliphatic carbocycles. The monoisotopic (exact) mass is 250 g/mol. The van der Waals surface area contributed by atoms with Gasteiger partial charge < -0.3 is 5.73 Å². The lowest BCUT2D eigenvalue weighted by molar-refractivity contribution is 0.173. The van der Waals surface area contributed by atoms with Gasteiger partial charge in [-0.05, 0) is 58.7 Å². The van der Waals surface area contributed by atoms with Crippen LogP contribution in [0.4, 0.5) is 0 Å². The molecule has 0 aromatic carbocycles. The molecule has 0 unspecified atom stereocenters. The Bertz CT molecular complexity index is 389. The van der Waals surface area contributed by atoms with Crippen LogP contribution >= 0.6 is 0 Å². The van der Waals surface area contributed by atoms with Crippen LogP contribution in [0.25, 0.3) is 0 Å². The average Bonchev–Trinajstić information content (AvgIpc) is 2.59. The van der Waals surface area contributed by atoms with Crippen LogP contribution in [0.3, 0.4) is 0 Å². The third kappa shape index (κ3) is 2.93. The van der Waals surface area contributed by atoms with Crippen molar-refractivity contribution in [3.8, 4) is 0 Å². The Labute approximate surface area is 110 Å². The second-order valence-electron chi connectivity index (χ2n) is 5.57. The number of likely N-dealkylation sites (tertiary alicyclic amines) is 1. The number of aromatic nitrogens is 2. The highest BCUT2D eigenvalue weighted by Gasteiger charge is 2.20. The molecule has 2 heterocycles. The van der Waals surface area contributed by atoms with E-state index in [1.54, 1.807) is 0 Å². The predicted octanol–water partition coefficient (Wildman–Crippen LogP) is 1.60. The van der Waals surface area contributed by atoms with Crippen LogP contribution in [0.2, 0.25) is 0 Å². The molecule has 0 radical (unpaired) electrons. The fourth-order valence-corrected chi connectivity index (χ4v) is 2.94. The highest BCUT2D eigenvalue weighted by Crippen LogP contribution is 2.22. The molecule has 1 aliphatic heterocycles. The summed E-state index contributed by atoms with van der Waals surface area (Å²) in [7, 11) is 2.03. The number of aryl methyl sites for hydroxylation is 2. The molecule has 1 aliphatic rings.